The van der Waals surface area contributed by atoms with Crippen LogP contribution in [0.5, 0.6) is 0 Å². The van der Waals surface area contributed by atoms with Crippen LogP contribution in [0.2, 0.25) is 9.36 Å². The predicted octanol–water partition coefficient (Wildman–Crippen LogP) is 4.37. The van der Waals surface area contributed by atoms with Crippen molar-refractivity contribution in [2.75, 3.05) is 11.9 Å². The number of thiophene rings is 1. The molecule has 112 valence electrons. The quantitative estimate of drug-likeness (QED) is 0.847. The second kappa shape index (κ2) is 7.11. The number of amides is 1. The minimum absolute atomic E-state index is 0.123. The fourth-order valence-corrected chi connectivity index (χ4v) is 3.07. The maximum absolute atomic E-state index is 12.2. The van der Waals surface area contributed by atoms with Gasteiger partial charge in [-0.05, 0) is 32.0 Å². The zero-order chi connectivity index (χ0) is 15.4. The predicted molar refractivity (Wildman–Crippen MR) is 88.6 cm³/mol. The summed E-state index contributed by atoms with van der Waals surface area (Å²) in [5.74, 6) is 0.360. The SMILES string of the molecule is CCNc1ncc(C(=O)NC(C)c2ccc(Cl)s2)cc1Cl. The molecule has 4 nitrogen and oxygen atoms in total. The number of nitrogens with one attached hydrogen (secondary N) is 2. The van der Waals surface area contributed by atoms with Gasteiger partial charge in [0.05, 0.1) is 21.0 Å². The highest BCUT2D eigenvalue weighted by Crippen LogP contribution is 2.27. The van der Waals surface area contributed by atoms with E-state index in [1.54, 1.807) is 6.07 Å². The zero-order valence-corrected chi connectivity index (χ0v) is 13.9. The molecule has 2 heterocycles. The molecule has 0 aliphatic carbocycles. The molecular formula is C14H15Cl2N3OS. The van der Waals surface area contributed by atoms with Crippen LogP contribution in [0.1, 0.15) is 35.1 Å². The van der Waals surface area contributed by atoms with Crippen LogP contribution >= 0.6 is 34.5 Å². The van der Waals surface area contributed by atoms with E-state index in [0.717, 1.165) is 4.88 Å². The smallest absolute Gasteiger partial charge is 0.253 e. The first-order chi connectivity index (χ1) is 10.0. The van der Waals surface area contributed by atoms with Gasteiger partial charge in [0.25, 0.3) is 5.91 Å². The first-order valence-electron chi connectivity index (χ1n) is 6.46. The van der Waals surface area contributed by atoms with Gasteiger partial charge < -0.3 is 10.6 Å². The summed E-state index contributed by atoms with van der Waals surface area (Å²) in [5, 5.41) is 6.35. The summed E-state index contributed by atoms with van der Waals surface area (Å²) >= 11 is 13.4. The van der Waals surface area contributed by atoms with Crippen LogP contribution in [0.25, 0.3) is 0 Å². The number of carbonyl (C=O) groups is 1. The van der Waals surface area contributed by atoms with Gasteiger partial charge in [-0.15, -0.1) is 11.3 Å². The zero-order valence-electron chi connectivity index (χ0n) is 11.6. The lowest BCUT2D eigenvalue weighted by Gasteiger charge is -2.13. The van der Waals surface area contributed by atoms with Crippen molar-refractivity contribution in [3.63, 3.8) is 0 Å². The molecule has 0 spiro atoms. The summed E-state index contributed by atoms with van der Waals surface area (Å²) in [4.78, 5) is 17.3. The standard InChI is InChI=1S/C14H15Cl2N3OS/c1-3-17-13-10(15)6-9(7-18-13)14(20)19-8(2)11-4-5-12(16)21-11/h4-8H,3H2,1-2H3,(H,17,18)(H,19,20). The summed E-state index contributed by atoms with van der Waals surface area (Å²) in [6.45, 7) is 4.57. The van der Waals surface area contributed by atoms with E-state index in [1.807, 2.05) is 26.0 Å². The average Bonchev–Trinajstić information content (AvgIpc) is 2.88. The molecule has 21 heavy (non-hydrogen) atoms. The third-order valence-electron chi connectivity index (χ3n) is 2.82. The Labute approximate surface area is 137 Å². The lowest BCUT2D eigenvalue weighted by Crippen LogP contribution is -2.26. The highest BCUT2D eigenvalue weighted by atomic mass is 35.5. The Balaban J connectivity index is 2.08. The minimum Gasteiger partial charge on any atom is -0.369 e. The Morgan fingerprint density at radius 2 is 2.19 bits per heavy atom. The molecule has 1 atom stereocenters. The number of hydrogen-bond donors (Lipinski definition) is 2. The van der Waals surface area contributed by atoms with Crippen molar-refractivity contribution >= 4 is 46.3 Å². The molecular weight excluding hydrogens is 329 g/mol. The van der Waals surface area contributed by atoms with E-state index in [4.69, 9.17) is 23.2 Å². The van der Waals surface area contributed by atoms with E-state index in [9.17, 15) is 4.79 Å². The second-order valence-corrected chi connectivity index (χ2v) is 6.58. The molecule has 0 saturated heterocycles. The highest BCUT2D eigenvalue weighted by molar-refractivity contribution is 7.16. The lowest BCUT2D eigenvalue weighted by atomic mass is 10.2. The largest absolute Gasteiger partial charge is 0.369 e. The first-order valence-corrected chi connectivity index (χ1v) is 8.04. The van der Waals surface area contributed by atoms with Gasteiger partial charge in [-0.25, -0.2) is 4.98 Å². The molecule has 2 rings (SSSR count). The van der Waals surface area contributed by atoms with Crippen LogP contribution in [0.15, 0.2) is 24.4 Å². The van der Waals surface area contributed by atoms with Gasteiger partial charge in [-0.3, -0.25) is 4.79 Å². The number of aromatic nitrogens is 1. The summed E-state index contributed by atoms with van der Waals surface area (Å²) in [7, 11) is 0. The normalized spacial score (nSPS) is 12.0. The summed E-state index contributed by atoms with van der Waals surface area (Å²) in [5.41, 5.74) is 0.427. The molecule has 0 aromatic carbocycles. The van der Waals surface area contributed by atoms with E-state index < -0.39 is 0 Å². The van der Waals surface area contributed by atoms with Crippen molar-refractivity contribution in [2.24, 2.45) is 0 Å². The van der Waals surface area contributed by atoms with Crippen molar-refractivity contribution in [1.29, 1.82) is 0 Å². The van der Waals surface area contributed by atoms with Gasteiger partial charge in [0.15, 0.2) is 0 Å². The van der Waals surface area contributed by atoms with Crippen molar-refractivity contribution in [2.45, 2.75) is 19.9 Å². The highest BCUT2D eigenvalue weighted by Gasteiger charge is 2.14. The third-order valence-corrected chi connectivity index (χ3v) is 4.52. The minimum atomic E-state index is -0.218. The number of rotatable bonds is 5. The molecule has 1 amide bonds. The van der Waals surface area contributed by atoms with Crippen LogP contribution in [0.3, 0.4) is 0 Å². The Morgan fingerprint density at radius 3 is 2.76 bits per heavy atom. The monoisotopic (exact) mass is 343 g/mol. The van der Waals surface area contributed by atoms with Gasteiger partial charge >= 0.3 is 0 Å². The number of nitrogens with zero attached hydrogens (tertiary/aromatic N) is 1. The third kappa shape index (κ3) is 4.09. The molecule has 0 saturated carbocycles. The van der Waals surface area contributed by atoms with E-state index in [0.29, 0.717) is 27.3 Å². The molecule has 0 aliphatic rings. The Morgan fingerprint density at radius 1 is 1.43 bits per heavy atom. The van der Waals surface area contributed by atoms with Gasteiger partial charge in [0, 0.05) is 17.6 Å². The maximum Gasteiger partial charge on any atom is 0.253 e. The molecule has 2 aromatic rings. The maximum atomic E-state index is 12.2. The average molecular weight is 344 g/mol. The summed E-state index contributed by atoms with van der Waals surface area (Å²) < 4.78 is 0.700. The van der Waals surface area contributed by atoms with Crippen molar-refractivity contribution in [3.8, 4) is 0 Å². The molecule has 2 N–H and O–H groups in total. The van der Waals surface area contributed by atoms with Crippen LogP contribution in [-0.4, -0.2) is 17.4 Å². The van der Waals surface area contributed by atoms with Gasteiger partial charge in [-0.1, -0.05) is 23.2 Å². The fourth-order valence-electron chi connectivity index (χ4n) is 1.77. The second-order valence-electron chi connectivity index (χ2n) is 4.42. The van der Waals surface area contributed by atoms with Crippen molar-refractivity contribution in [1.82, 2.24) is 10.3 Å². The Kier molecular flexibility index (Phi) is 5.45. The number of carbonyl (C=O) groups excluding carboxylic acids is 1. The van der Waals surface area contributed by atoms with E-state index in [-0.39, 0.29) is 11.9 Å². The van der Waals surface area contributed by atoms with Crippen LogP contribution in [0.4, 0.5) is 5.82 Å². The Bertz CT molecular complexity index is 645. The molecule has 0 aliphatic heterocycles. The first kappa shape index (κ1) is 16.1. The number of hydrogen-bond acceptors (Lipinski definition) is 4. The van der Waals surface area contributed by atoms with E-state index >= 15 is 0 Å². The number of halogens is 2. The van der Waals surface area contributed by atoms with E-state index in [1.165, 1.54) is 17.5 Å². The van der Waals surface area contributed by atoms with E-state index in [2.05, 4.69) is 15.6 Å². The van der Waals surface area contributed by atoms with Crippen molar-refractivity contribution < 1.29 is 4.79 Å². The Hall–Kier alpha value is -1.30. The molecule has 1 unspecified atom stereocenters. The van der Waals surface area contributed by atoms with Gasteiger partial charge in [-0.2, -0.15) is 0 Å². The van der Waals surface area contributed by atoms with Gasteiger partial charge in [0.1, 0.15) is 5.82 Å². The van der Waals surface area contributed by atoms with Crippen LogP contribution < -0.4 is 10.6 Å². The van der Waals surface area contributed by atoms with Crippen molar-refractivity contribution in [3.05, 3.63) is 44.2 Å². The van der Waals surface area contributed by atoms with Crippen LogP contribution in [-0.2, 0) is 0 Å². The van der Waals surface area contributed by atoms with Gasteiger partial charge in [0.2, 0.25) is 0 Å². The molecule has 0 fully saturated rings. The molecule has 7 heteroatoms. The van der Waals surface area contributed by atoms with Crippen LogP contribution in [0, 0.1) is 0 Å². The fraction of sp³-hybridized carbons (Fsp3) is 0.286. The molecule has 0 bridgehead atoms. The summed E-state index contributed by atoms with van der Waals surface area (Å²) in [6, 6.07) is 5.20. The molecule has 0 radical (unpaired) electrons. The molecule has 2 aromatic heterocycles. The topological polar surface area (TPSA) is 54.0 Å². The lowest BCUT2D eigenvalue weighted by molar-refractivity contribution is 0.0940. The summed E-state index contributed by atoms with van der Waals surface area (Å²) in [6.07, 6.45) is 1.51. The number of pyridine rings is 1. The number of anilines is 1.